The van der Waals surface area contributed by atoms with Gasteiger partial charge in [-0.3, -0.25) is 0 Å². The number of aliphatic hydroxyl groups excluding tert-OH is 1. The molecule has 72 valence electrons. The first-order valence-corrected chi connectivity index (χ1v) is 4.99. The molecule has 0 heterocycles. The van der Waals surface area contributed by atoms with Crippen molar-refractivity contribution in [2.24, 2.45) is 0 Å². The molecule has 1 nitrogen and oxygen atoms in total. The Morgan fingerprint density at radius 2 is 2.23 bits per heavy atom. The van der Waals surface area contributed by atoms with E-state index in [2.05, 4.69) is 6.07 Å². The Balaban J connectivity index is 2.37. The lowest BCUT2D eigenvalue weighted by Gasteiger charge is -2.04. The van der Waals surface area contributed by atoms with Crippen molar-refractivity contribution >= 4 is 11.6 Å². The molecule has 1 aromatic rings. The second-order valence-corrected chi connectivity index (χ2v) is 3.81. The van der Waals surface area contributed by atoms with E-state index in [0.717, 1.165) is 24.3 Å². The highest BCUT2D eigenvalue weighted by Gasteiger charge is 1.97. The van der Waals surface area contributed by atoms with E-state index >= 15 is 0 Å². The van der Waals surface area contributed by atoms with Gasteiger partial charge in [-0.15, -0.1) is 0 Å². The van der Waals surface area contributed by atoms with Crippen molar-refractivity contribution in [1.29, 1.82) is 0 Å². The lowest BCUT2D eigenvalue weighted by molar-refractivity contribution is 0.182. The van der Waals surface area contributed by atoms with Crippen molar-refractivity contribution in [1.82, 2.24) is 0 Å². The Morgan fingerprint density at radius 1 is 1.46 bits per heavy atom. The number of aryl methyl sites for hydroxylation is 1. The summed E-state index contributed by atoms with van der Waals surface area (Å²) >= 11 is 5.84. The monoisotopic (exact) mass is 198 g/mol. The molecule has 0 bridgehead atoms. The van der Waals surface area contributed by atoms with Crippen LogP contribution in [0, 0.1) is 0 Å². The van der Waals surface area contributed by atoms with Gasteiger partial charge in [0.15, 0.2) is 0 Å². The molecule has 2 heteroatoms. The molecule has 0 spiro atoms. The van der Waals surface area contributed by atoms with Crippen LogP contribution >= 0.6 is 11.6 Å². The average molecular weight is 199 g/mol. The summed E-state index contributed by atoms with van der Waals surface area (Å²) in [7, 11) is 0. The summed E-state index contributed by atoms with van der Waals surface area (Å²) in [5.74, 6) is 0. The van der Waals surface area contributed by atoms with E-state index in [-0.39, 0.29) is 6.10 Å². The Bertz CT molecular complexity index is 258. The zero-order valence-electron chi connectivity index (χ0n) is 7.83. The molecule has 1 atom stereocenters. The Morgan fingerprint density at radius 3 is 2.85 bits per heavy atom. The van der Waals surface area contributed by atoms with Gasteiger partial charge < -0.3 is 5.11 Å². The third-order valence-corrected chi connectivity index (χ3v) is 2.21. The Labute approximate surface area is 84.4 Å². The summed E-state index contributed by atoms with van der Waals surface area (Å²) in [6.45, 7) is 1.82. The van der Waals surface area contributed by atoms with E-state index in [1.165, 1.54) is 5.56 Å². The predicted octanol–water partition coefficient (Wildman–Crippen LogP) is 3.04. The van der Waals surface area contributed by atoms with Gasteiger partial charge in [-0.05, 0) is 43.9 Å². The molecule has 0 amide bonds. The summed E-state index contributed by atoms with van der Waals surface area (Å²) in [6.07, 6.45) is 2.66. The van der Waals surface area contributed by atoms with Crippen LogP contribution in [0.2, 0.25) is 5.02 Å². The quantitative estimate of drug-likeness (QED) is 0.789. The fraction of sp³-hybridized carbons (Fsp3) is 0.455. The van der Waals surface area contributed by atoms with Crippen molar-refractivity contribution in [3.05, 3.63) is 34.9 Å². The molecule has 0 saturated carbocycles. The van der Waals surface area contributed by atoms with Crippen LogP contribution < -0.4 is 0 Å². The van der Waals surface area contributed by atoms with Crippen LogP contribution in [0.5, 0.6) is 0 Å². The minimum absolute atomic E-state index is 0.195. The van der Waals surface area contributed by atoms with Crippen molar-refractivity contribution in [3.63, 3.8) is 0 Å². The zero-order valence-corrected chi connectivity index (χ0v) is 8.59. The molecule has 1 unspecified atom stereocenters. The zero-order chi connectivity index (χ0) is 9.68. The van der Waals surface area contributed by atoms with E-state index in [1.54, 1.807) is 0 Å². The van der Waals surface area contributed by atoms with Gasteiger partial charge in [0.1, 0.15) is 0 Å². The van der Waals surface area contributed by atoms with Crippen molar-refractivity contribution in [3.8, 4) is 0 Å². The minimum atomic E-state index is -0.195. The number of hydrogen-bond acceptors (Lipinski definition) is 1. The van der Waals surface area contributed by atoms with Crippen molar-refractivity contribution in [2.75, 3.05) is 0 Å². The van der Waals surface area contributed by atoms with E-state index < -0.39 is 0 Å². The van der Waals surface area contributed by atoms with Crippen LogP contribution in [0.3, 0.4) is 0 Å². The molecule has 0 radical (unpaired) electrons. The number of benzene rings is 1. The molecule has 0 aliphatic carbocycles. The minimum Gasteiger partial charge on any atom is -0.393 e. The highest BCUT2D eigenvalue weighted by molar-refractivity contribution is 6.30. The Hall–Kier alpha value is -0.530. The van der Waals surface area contributed by atoms with Crippen molar-refractivity contribution in [2.45, 2.75) is 32.3 Å². The molecule has 1 N–H and O–H groups in total. The maximum Gasteiger partial charge on any atom is 0.0512 e. The first kappa shape index (κ1) is 10.6. The summed E-state index contributed by atoms with van der Waals surface area (Å²) in [6, 6.07) is 7.87. The molecular weight excluding hydrogens is 184 g/mol. The lowest BCUT2D eigenvalue weighted by Crippen LogP contribution is -1.99. The van der Waals surface area contributed by atoms with Gasteiger partial charge in [-0.1, -0.05) is 23.7 Å². The van der Waals surface area contributed by atoms with Gasteiger partial charge in [0, 0.05) is 5.02 Å². The molecule has 0 aliphatic rings. The summed E-state index contributed by atoms with van der Waals surface area (Å²) < 4.78 is 0. The SMILES string of the molecule is CC(O)CCCc1cccc(Cl)c1. The number of hydrogen-bond donors (Lipinski definition) is 1. The first-order valence-electron chi connectivity index (χ1n) is 4.61. The maximum atomic E-state index is 9.06. The number of halogens is 1. The predicted molar refractivity (Wildman–Crippen MR) is 56.1 cm³/mol. The fourth-order valence-corrected chi connectivity index (χ4v) is 1.51. The molecule has 0 aromatic heterocycles. The average Bonchev–Trinajstić information content (AvgIpc) is 2.03. The molecule has 0 saturated heterocycles. The largest absolute Gasteiger partial charge is 0.393 e. The van der Waals surface area contributed by atoms with Crippen LogP contribution in [0.25, 0.3) is 0 Å². The highest BCUT2D eigenvalue weighted by atomic mass is 35.5. The molecule has 1 aromatic carbocycles. The third kappa shape index (κ3) is 4.30. The molecule has 1 rings (SSSR count). The highest BCUT2D eigenvalue weighted by Crippen LogP contribution is 2.13. The summed E-state index contributed by atoms with van der Waals surface area (Å²) in [5, 5.41) is 9.85. The second kappa shape index (κ2) is 5.25. The maximum absolute atomic E-state index is 9.06. The van der Waals surface area contributed by atoms with Crippen LogP contribution in [-0.2, 0) is 6.42 Å². The normalized spacial score (nSPS) is 12.8. The summed E-state index contributed by atoms with van der Waals surface area (Å²) in [5.41, 5.74) is 1.24. The first-order chi connectivity index (χ1) is 6.18. The van der Waals surface area contributed by atoms with Gasteiger partial charge in [0.05, 0.1) is 6.10 Å². The van der Waals surface area contributed by atoms with E-state index in [4.69, 9.17) is 16.7 Å². The fourth-order valence-electron chi connectivity index (χ4n) is 1.29. The lowest BCUT2D eigenvalue weighted by atomic mass is 10.1. The van der Waals surface area contributed by atoms with Crippen LogP contribution in [0.4, 0.5) is 0 Å². The second-order valence-electron chi connectivity index (χ2n) is 3.37. The van der Waals surface area contributed by atoms with E-state index in [9.17, 15) is 0 Å². The van der Waals surface area contributed by atoms with Gasteiger partial charge in [-0.25, -0.2) is 0 Å². The van der Waals surface area contributed by atoms with Gasteiger partial charge in [0.25, 0.3) is 0 Å². The van der Waals surface area contributed by atoms with E-state index in [0.29, 0.717) is 0 Å². The Kier molecular flexibility index (Phi) is 4.26. The molecule has 13 heavy (non-hydrogen) atoms. The van der Waals surface area contributed by atoms with E-state index in [1.807, 2.05) is 25.1 Å². The van der Waals surface area contributed by atoms with Crippen LogP contribution in [0.1, 0.15) is 25.3 Å². The topological polar surface area (TPSA) is 20.2 Å². The molecule has 0 aliphatic heterocycles. The van der Waals surface area contributed by atoms with Gasteiger partial charge in [-0.2, -0.15) is 0 Å². The van der Waals surface area contributed by atoms with Gasteiger partial charge in [0.2, 0.25) is 0 Å². The van der Waals surface area contributed by atoms with Crippen LogP contribution in [-0.4, -0.2) is 11.2 Å². The standard InChI is InChI=1S/C11H15ClO/c1-9(13)4-2-5-10-6-3-7-11(12)8-10/h3,6-9,13H,2,4-5H2,1H3. The molecular formula is C11H15ClO. The van der Waals surface area contributed by atoms with Gasteiger partial charge >= 0.3 is 0 Å². The smallest absolute Gasteiger partial charge is 0.0512 e. The number of aliphatic hydroxyl groups is 1. The summed E-state index contributed by atoms with van der Waals surface area (Å²) in [4.78, 5) is 0. The molecule has 0 fully saturated rings. The van der Waals surface area contributed by atoms with Crippen molar-refractivity contribution < 1.29 is 5.11 Å². The van der Waals surface area contributed by atoms with Crippen LogP contribution in [0.15, 0.2) is 24.3 Å². The third-order valence-electron chi connectivity index (χ3n) is 1.98. The number of rotatable bonds is 4.